The molecule has 0 spiro atoms. The maximum Gasteiger partial charge on any atom is 0.271 e. The van der Waals surface area contributed by atoms with Crippen molar-refractivity contribution in [2.75, 3.05) is 0 Å². The molecule has 0 N–H and O–H groups in total. The normalized spacial score (nSPS) is 9.86. The highest BCUT2D eigenvalue weighted by atomic mass is 16.6. The number of nitriles is 1. The number of hydrogen-bond donors (Lipinski definition) is 0. The topological polar surface area (TPSA) is 66.9 Å². The highest BCUT2D eigenvalue weighted by Crippen LogP contribution is 2.22. The molecule has 0 aliphatic heterocycles. The fourth-order valence-electron chi connectivity index (χ4n) is 1.09. The van der Waals surface area contributed by atoms with E-state index >= 15 is 0 Å². The van der Waals surface area contributed by atoms with Crippen molar-refractivity contribution in [1.82, 2.24) is 0 Å². The molecule has 0 fully saturated rings. The summed E-state index contributed by atoms with van der Waals surface area (Å²) in [6.07, 6.45) is 0. The summed E-state index contributed by atoms with van der Waals surface area (Å²) in [5.41, 5.74) is 0.940. The highest BCUT2D eigenvalue weighted by molar-refractivity contribution is 5.45. The Morgan fingerprint density at radius 2 is 2.21 bits per heavy atom. The van der Waals surface area contributed by atoms with Crippen LogP contribution in [0.1, 0.15) is 24.0 Å². The molecular formula is C10H9N2O2. The Hall–Kier alpha value is -1.89. The Bertz CT molecular complexity index is 405. The first kappa shape index (κ1) is 10.2. The van der Waals surface area contributed by atoms with Crippen molar-refractivity contribution in [2.45, 2.75) is 12.8 Å². The van der Waals surface area contributed by atoms with Gasteiger partial charge < -0.3 is 0 Å². The largest absolute Gasteiger partial charge is 0.271 e. The standard InChI is InChI=1S/C10H9N2O2/c1-7(2)9-3-8(6-11)4-10(5-9)12(13)14/h3-5,7H,1H2,2H3. The fourth-order valence-corrected chi connectivity index (χ4v) is 1.09. The molecule has 1 aromatic rings. The summed E-state index contributed by atoms with van der Waals surface area (Å²) >= 11 is 0. The predicted molar refractivity (Wildman–Crippen MR) is 51.6 cm³/mol. The number of rotatable bonds is 2. The van der Waals surface area contributed by atoms with Crippen LogP contribution in [-0.2, 0) is 0 Å². The predicted octanol–water partition coefficient (Wildman–Crippen LogP) is 2.40. The first-order chi connectivity index (χ1) is 6.54. The van der Waals surface area contributed by atoms with Gasteiger partial charge in [0.1, 0.15) is 0 Å². The van der Waals surface area contributed by atoms with Crippen LogP contribution in [0.3, 0.4) is 0 Å². The van der Waals surface area contributed by atoms with Gasteiger partial charge in [-0.15, -0.1) is 0 Å². The van der Waals surface area contributed by atoms with Gasteiger partial charge in [-0.05, 0) is 24.5 Å². The number of hydrogen-bond acceptors (Lipinski definition) is 3. The van der Waals surface area contributed by atoms with Gasteiger partial charge >= 0.3 is 0 Å². The number of benzene rings is 1. The van der Waals surface area contributed by atoms with E-state index in [0.29, 0.717) is 11.1 Å². The second-order valence-corrected chi connectivity index (χ2v) is 3.08. The average Bonchev–Trinajstić information content (AvgIpc) is 2.16. The van der Waals surface area contributed by atoms with Crippen molar-refractivity contribution in [2.24, 2.45) is 0 Å². The van der Waals surface area contributed by atoms with Crippen LogP contribution in [0.2, 0.25) is 0 Å². The zero-order chi connectivity index (χ0) is 10.7. The van der Waals surface area contributed by atoms with Gasteiger partial charge in [-0.2, -0.15) is 5.26 Å². The SMILES string of the molecule is [CH2]C(C)c1cc(C#N)cc([N+](=O)[O-])c1. The maximum absolute atomic E-state index is 10.5. The van der Waals surface area contributed by atoms with Crippen molar-refractivity contribution in [3.05, 3.63) is 46.4 Å². The Morgan fingerprint density at radius 1 is 1.57 bits per heavy atom. The zero-order valence-corrected chi connectivity index (χ0v) is 7.73. The van der Waals surface area contributed by atoms with E-state index in [0.717, 1.165) is 0 Å². The van der Waals surface area contributed by atoms with E-state index in [2.05, 4.69) is 6.92 Å². The Morgan fingerprint density at radius 3 is 2.64 bits per heavy atom. The highest BCUT2D eigenvalue weighted by Gasteiger charge is 2.11. The molecule has 0 bridgehead atoms. The van der Waals surface area contributed by atoms with E-state index in [1.807, 2.05) is 13.0 Å². The minimum absolute atomic E-state index is 0.0606. The molecule has 4 nitrogen and oxygen atoms in total. The van der Waals surface area contributed by atoms with Crippen molar-refractivity contribution in [3.8, 4) is 6.07 Å². The maximum atomic E-state index is 10.5. The monoisotopic (exact) mass is 189 g/mol. The molecule has 1 atom stereocenters. The van der Waals surface area contributed by atoms with Gasteiger partial charge in [-0.3, -0.25) is 10.1 Å². The van der Waals surface area contributed by atoms with Crippen molar-refractivity contribution in [3.63, 3.8) is 0 Å². The summed E-state index contributed by atoms with van der Waals surface area (Å²) in [5, 5.41) is 19.2. The Labute approximate surface area is 81.9 Å². The molecule has 0 amide bonds. The molecule has 0 heterocycles. The average molecular weight is 189 g/mol. The first-order valence-electron chi connectivity index (χ1n) is 4.07. The summed E-state index contributed by atoms with van der Waals surface area (Å²) in [4.78, 5) is 10.0. The van der Waals surface area contributed by atoms with E-state index in [1.54, 1.807) is 6.07 Å². The summed E-state index contributed by atoms with van der Waals surface area (Å²) in [5.74, 6) is -0.0676. The minimum atomic E-state index is -0.507. The number of nitro benzene ring substituents is 1. The molecule has 0 aromatic heterocycles. The van der Waals surface area contributed by atoms with Crippen LogP contribution < -0.4 is 0 Å². The van der Waals surface area contributed by atoms with Gasteiger partial charge in [0.05, 0.1) is 16.6 Å². The van der Waals surface area contributed by atoms with Crippen molar-refractivity contribution < 1.29 is 4.92 Å². The van der Waals surface area contributed by atoms with Gasteiger partial charge in [-0.1, -0.05) is 6.92 Å². The lowest BCUT2D eigenvalue weighted by Gasteiger charge is -2.04. The Balaban J connectivity index is 3.29. The number of non-ortho nitro benzene ring substituents is 1. The van der Waals surface area contributed by atoms with E-state index in [9.17, 15) is 10.1 Å². The molecule has 1 aromatic carbocycles. The van der Waals surface area contributed by atoms with E-state index in [-0.39, 0.29) is 11.6 Å². The second kappa shape index (κ2) is 3.88. The molecule has 0 saturated carbocycles. The lowest BCUT2D eigenvalue weighted by atomic mass is 10.0. The van der Waals surface area contributed by atoms with Crippen LogP contribution in [0.5, 0.6) is 0 Å². The van der Waals surface area contributed by atoms with Crippen LogP contribution in [0.15, 0.2) is 18.2 Å². The third-order valence-electron chi connectivity index (χ3n) is 1.85. The second-order valence-electron chi connectivity index (χ2n) is 3.08. The van der Waals surface area contributed by atoms with E-state index in [4.69, 9.17) is 5.26 Å². The first-order valence-corrected chi connectivity index (χ1v) is 4.07. The molecule has 1 unspecified atom stereocenters. The molecule has 71 valence electrons. The number of nitro groups is 1. The quantitative estimate of drug-likeness (QED) is 0.530. The molecular weight excluding hydrogens is 180 g/mol. The molecule has 0 aliphatic rings. The van der Waals surface area contributed by atoms with Crippen LogP contribution in [0, 0.1) is 28.4 Å². The molecule has 1 rings (SSSR count). The van der Waals surface area contributed by atoms with Crippen LogP contribution >= 0.6 is 0 Å². The zero-order valence-electron chi connectivity index (χ0n) is 7.73. The molecule has 4 heteroatoms. The van der Waals surface area contributed by atoms with Gasteiger partial charge in [0.15, 0.2) is 0 Å². The molecule has 0 aliphatic carbocycles. The van der Waals surface area contributed by atoms with Crippen LogP contribution in [-0.4, -0.2) is 4.92 Å². The van der Waals surface area contributed by atoms with E-state index < -0.39 is 4.92 Å². The van der Waals surface area contributed by atoms with Crippen molar-refractivity contribution in [1.29, 1.82) is 5.26 Å². The van der Waals surface area contributed by atoms with Crippen LogP contribution in [0.25, 0.3) is 0 Å². The third kappa shape index (κ3) is 2.07. The smallest absolute Gasteiger partial charge is 0.258 e. The van der Waals surface area contributed by atoms with Gasteiger partial charge in [-0.25, -0.2) is 0 Å². The number of nitrogens with zero attached hydrogens (tertiary/aromatic N) is 2. The minimum Gasteiger partial charge on any atom is -0.258 e. The van der Waals surface area contributed by atoms with Crippen LogP contribution in [0.4, 0.5) is 5.69 Å². The molecule has 0 saturated heterocycles. The summed E-state index contributed by atoms with van der Waals surface area (Å²) in [6.45, 7) is 5.57. The lowest BCUT2D eigenvalue weighted by Crippen LogP contribution is -1.94. The Kier molecular flexibility index (Phi) is 2.82. The summed E-state index contributed by atoms with van der Waals surface area (Å²) < 4.78 is 0. The van der Waals surface area contributed by atoms with Gasteiger partial charge in [0.25, 0.3) is 5.69 Å². The molecule has 1 radical (unpaired) electrons. The summed E-state index contributed by atoms with van der Waals surface area (Å²) in [7, 11) is 0. The third-order valence-corrected chi connectivity index (χ3v) is 1.85. The molecule has 14 heavy (non-hydrogen) atoms. The lowest BCUT2D eigenvalue weighted by molar-refractivity contribution is -0.384. The van der Waals surface area contributed by atoms with E-state index in [1.165, 1.54) is 12.1 Å². The van der Waals surface area contributed by atoms with Gasteiger partial charge in [0.2, 0.25) is 0 Å². The van der Waals surface area contributed by atoms with Crippen molar-refractivity contribution >= 4 is 5.69 Å². The van der Waals surface area contributed by atoms with Gasteiger partial charge in [0, 0.05) is 12.1 Å². The fraction of sp³-hybridized carbons (Fsp3) is 0.200. The summed E-state index contributed by atoms with van der Waals surface area (Å²) in [6, 6.07) is 6.20.